The lowest BCUT2D eigenvalue weighted by atomic mass is 10.3. The van der Waals surface area contributed by atoms with Crippen LogP contribution in [0.1, 0.15) is 6.92 Å². The first-order valence-corrected chi connectivity index (χ1v) is 7.60. The van der Waals surface area contributed by atoms with Crippen molar-refractivity contribution < 1.29 is 13.2 Å². The zero-order valence-electron chi connectivity index (χ0n) is 10.6. The van der Waals surface area contributed by atoms with E-state index in [-0.39, 0.29) is 18.2 Å². The molecule has 106 valence electrons. The van der Waals surface area contributed by atoms with E-state index in [2.05, 4.69) is 15.5 Å². The number of carbonyl (C=O) groups is 1. The molecule has 1 aliphatic heterocycles. The van der Waals surface area contributed by atoms with Crippen molar-refractivity contribution in [3.8, 4) is 0 Å². The first-order chi connectivity index (χ1) is 9.03. The van der Waals surface area contributed by atoms with Gasteiger partial charge in [-0.15, -0.1) is 5.10 Å². The SMILES string of the molecule is CCS(=O)(=O)N1CCN(C(=O)Cn2cnnn2)CC1. The highest BCUT2D eigenvalue weighted by Gasteiger charge is 2.27. The average molecular weight is 288 g/mol. The summed E-state index contributed by atoms with van der Waals surface area (Å²) in [5.41, 5.74) is 0. The summed E-state index contributed by atoms with van der Waals surface area (Å²) in [4.78, 5) is 13.6. The van der Waals surface area contributed by atoms with Crippen LogP contribution in [0.5, 0.6) is 0 Å². The number of rotatable bonds is 4. The maximum Gasteiger partial charge on any atom is 0.244 e. The molecular weight excluding hydrogens is 272 g/mol. The van der Waals surface area contributed by atoms with Crippen LogP contribution >= 0.6 is 0 Å². The van der Waals surface area contributed by atoms with Gasteiger partial charge in [0.25, 0.3) is 0 Å². The van der Waals surface area contributed by atoms with Crippen molar-refractivity contribution in [1.29, 1.82) is 0 Å². The molecule has 1 aromatic heterocycles. The van der Waals surface area contributed by atoms with E-state index in [0.717, 1.165) is 0 Å². The number of carbonyl (C=O) groups excluding carboxylic acids is 1. The smallest absolute Gasteiger partial charge is 0.244 e. The number of sulfonamides is 1. The number of piperazine rings is 1. The third-order valence-corrected chi connectivity index (χ3v) is 4.92. The number of tetrazole rings is 1. The van der Waals surface area contributed by atoms with E-state index in [9.17, 15) is 13.2 Å². The molecule has 0 spiro atoms. The molecule has 9 nitrogen and oxygen atoms in total. The molecule has 2 heterocycles. The summed E-state index contributed by atoms with van der Waals surface area (Å²) in [6.07, 6.45) is 1.37. The second kappa shape index (κ2) is 5.61. The van der Waals surface area contributed by atoms with E-state index in [1.54, 1.807) is 11.8 Å². The second-order valence-corrected chi connectivity index (χ2v) is 6.45. The van der Waals surface area contributed by atoms with Crippen LogP contribution < -0.4 is 0 Å². The molecule has 0 unspecified atom stereocenters. The molecule has 0 N–H and O–H groups in total. The van der Waals surface area contributed by atoms with Crippen LogP contribution in [0.2, 0.25) is 0 Å². The lowest BCUT2D eigenvalue weighted by molar-refractivity contribution is -0.133. The predicted octanol–water partition coefficient (Wildman–Crippen LogP) is -1.83. The summed E-state index contributed by atoms with van der Waals surface area (Å²) in [5.74, 6) is -0.0215. The Hall–Kier alpha value is -1.55. The van der Waals surface area contributed by atoms with Crippen LogP contribution in [0.15, 0.2) is 6.33 Å². The van der Waals surface area contributed by atoms with Crippen LogP contribution in [-0.2, 0) is 21.4 Å². The Morgan fingerprint density at radius 1 is 1.26 bits per heavy atom. The number of amides is 1. The van der Waals surface area contributed by atoms with Crippen LogP contribution in [0.4, 0.5) is 0 Å². The summed E-state index contributed by atoms with van der Waals surface area (Å²) in [6, 6.07) is 0. The molecule has 19 heavy (non-hydrogen) atoms. The Labute approximate surface area is 111 Å². The Bertz CT molecular complexity index is 520. The van der Waals surface area contributed by atoms with Gasteiger partial charge < -0.3 is 4.90 Å². The van der Waals surface area contributed by atoms with E-state index >= 15 is 0 Å². The molecule has 0 radical (unpaired) electrons. The molecule has 1 aromatic rings. The molecule has 1 fully saturated rings. The maximum absolute atomic E-state index is 11.9. The molecule has 1 amide bonds. The highest BCUT2D eigenvalue weighted by Crippen LogP contribution is 2.08. The first kappa shape index (κ1) is 13.9. The molecule has 0 saturated carbocycles. The summed E-state index contributed by atoms with van der Waals surface area (Å²) < 4.78 is 26.1. The van der Waals surface area contributed by atoms with Gasteiger partial charge >= 0.3 is 0 Å². The van der Waals surface area contributed by atoms with Gasteiger partial charge in [0, 0.05) is 26.2 Å². The number of hydrogen-bond acceptors (Lipinski definition) is 6. The van der Waals surface area contributed by atoms with Crippen molar-refractivity contribution in [3.05, 3.63) is 6.33 Å². The van der Waals surface area contributed by atoms with Gasteiger partial charge in [0.15, 0.2) is 0 Å². The lowest BCUT2D eigenvalue weighted by Gasteiger charge is -2.33. The summed E-state index contributed by atoms with van der Waals surface area (Å²) >= 11 is 0. The van der Waals surface area contributed by atoms with Crippen molar-refractivity contribution in [2.75, 3.05) is 31.9 Å². The molecule has 10 heteroatoms. The van der Waals surface area contributed by atoms with E-state index in [1.165, 1.54) is 15.3 Å². The Balaban J connectivity index is 1.88. The fourth-order valence-electron chi connectivity index (χ4n) is 1.89. The van der Waals surface area contributed by atoms with Gasteiger partial charge in [-0.2, -0.15) is 4.31 Å². The number of nitrogens with zero attached hydrogens (tertiary/aromatic N) is 6. The van der Waals surface area contributed by atoms with Crippen molar-refractivity contribution in [2.45, 2.75) is 13.5 Å². The van der Waals surface area contributed by atoms with Crippen molar-refractivity contribution in [3.63, 3.8) is 0 Å². The summed E-state index contributed by atoms with van der Waals surface area (Å²) in [6.45, 7) is 3.19. The monoisotopic (exact) mass is 288 g/mol. The van der Waals surface area contributed by atoms with Crippen LogP contribution in [0, 0.1) is 0 Å². The predicted molar refractivity (Wildman–Crippen MR) is 65.4 cm³/mol. The van der Waals surface area contributed by atoms with Gasteiger partial charge in [-0.25, -0.2) is 13.1 Å². The van der Waals surface area contributed by atoms with Gasteiger partial charge in [-0.05, 0) is 17.4 Å². The standard InChI is InChI=1S/C9H16N6O3S/c1-2-19(17,18)15-5-3-13(4-6-15)9(16)7-14-8-10-11-12-14/h8H,2-7H2,1H3. The topological polar surface area (TPSA) is 101 Å². The largest absolute Gasteiger partial charge is 0.338 e. The van der Waals surface area contributed by atoms with Crippen LogP contribution in [0.25, 0.3) is 0 Å². The zero-order chi connectivity index (χ0) is 13.9. The van der Waals surface area contributed by atoms with Crippen molar-refractivity contribution in [2.24, 2.45) is 0 Å². The highest BCUT2D eigenvalue weighted by molar-refractivity contribution is 7.89. The summed E-state index contributed by atoms with van der Waals surface area (Å²) in [7, 11) is -3.16. The number of aromatic nitrogens is 4. The van der Waals surface area contributed by atoms with E-state index in [1.807, 2.05) is 0 Å². The quantitative estimate of drug-likeness (QED) is 0.645. The Kier molecular flexibility index (Phi) is 4.10. The fourth-order valence-corrected chi connectivity index (χ4v) is 2.97. The van der Waals surface area contributed by atoms with Crippen LogP contribution in [-0.4, -0.2) is 75.7 Å². The van der Waals surface area contributed by atoms with Gasteiger partial charge in [-0.1, -0.05) is 0 Å². The third kappa shape index (κ3) is 3.26. The highest BCUT2D eigenvalue weighted by atomic mass is 32.2. The molecule has 0 aliphatic carbocycles. The molecule has 2 rings (SSSR count). The van der Waals surface area contributed by atoms with E-state index in [4.69, 9.17) is 0 Å². The van der Waals surface area contributed by atoms with Crippen molar-refractivity contribution in [1.82, 2.24) is 29.4 Å². The molecule has 1 saturated heterocycles. The maximum atomic E-state index is 11.9. The molecule has 0 aromatic carbocycles. The normalized spacial score (nSPS) is 17.6. The zero-order valence-corrected chi connectivity index (χ0v) is 11.5. The average Bonchev–Trinajstić information content (AvgIpc) is 2.91. The Morgan fingerprint density at radius 2 is 1.95 bits per heavy atom. The van der Waals surface area contributed by atoms with Gasteiger partial charge in [-0.3, -0.25) is 4.79 Å². The van der Waals surface area contributed by atoms with Gasteiger partial charge in [0.05, 0.1) is 5.75 Å². The second-order valence-electron chi connectivity index (χ2n) is 4.19. The fraction of sp³-hybridized carbons (Fsp3) is 0.778. The minimum atomic E-state index is -3.16. The van der Waals surface area contributed by atoms with Crippen LogP contribution in [0.3, 0.4) is 0 Å². The summed E-state index contributed by atoms with van der Waals surface area (Å²) in [5, 5.41) is 10.5. The third-order valence-electron chi connectivity index (χ3n) is 3.04. The van der Waals surface area contributed by atoms with Crippen molar-refractivity contribution >= 4 is 15.9 Å². The Morgan fingerprint density at radius 3 is 2.47 bits per heavy atom. The van der Waals surface area contributed by atoms with E-state index in [0.29, 0.717) is 26.2 Å². The first-order valence-electron chi connectivity index (χ1n) is 5.99. The minimum absolute atomic E-state index is 0.0769. The van der Waals surface area contributed by atoms with Gasteiger partial charge in [0.1, 0.15) is 12.9 Å². The lowest BCUT2D eigenvalue weighted by Crippen LogP contribution is -2.51. The van der Waals surface area contributed by atoms with Gasteiger partial charge in [0.2, 0.25) is 15.9 Å². The number of hydrogen-bond donors (Lipinski definition) is 0. The molecule has 0 bridgehead atoms. The molecular formula is C9H16N6O3S. The molecule has 1 aliphatic rings. The molecule has 0 atom stereocenters. The van der Waals surface area contributed by atoms with E-state index < -0.39 is 10.0 Å². The minimum Gasteiger partial charge on any atom is -0.338 e.